The van der Waals surface area contributed by atoms with Crippen molar-refractivity contribution in [1.29, 1.82) is 0 Å². The van der Waals surface area contributed by atoms with Gasteiger partial charge in [-0.05, 0) is 66.7 Å². The van der Waals surface area contributed by atoms with Crippen LogP contribution in [0.5, 0.6) is 11.5 Å². The van der Waals surface area contributed by atoms with Gasteiger partial charge in [-0.2, -0.15) is 0 Å². The van der Waals surface area contributed by atoms with E-state index in [1.54, 1.807) is 44.5 Å². The number of hydrogen-bond acceptors (Lipinski definition) is 7. The Morgan fingerprint density at radius 2 is 1.87 bits per heavy atom. The first-order valence-corrected chi connectivity index (χ1v) is 10.0. The molecule has 0 aliphatic carbocycles. The molecule has 30 heavy (non-hydrogen) atoms. The van der Waals surface area contributed by atoms with Crippen molar-refractivity contribution in [1.82, 2.24) is 4.90 Å². The molecular weight excluding hydrogens is 404 g/mol. The van der Waals surface area contributed by atoms with Gasteiger partial charge in [-0.3, -0.25) is 9.69 Å². The number of ether oxygens (including phenoxy) is 3. The Labute approximate surface area is 179 Å². The Kier molecular flexibility index (Phi) is 6.79. The highest BCUT2D eigenvalue weighted by Crippen LogP contribution is 2.35. The smallest absolute Gasteiger partial charge is 0.337 e. The van der Waals surface area contributed by atoms with Crippen molar-refractivity contribution in [2.24, 2.45) is 4.99 Å². The number of esters is 1. The number of hydrogen-bond donors (Lipinski definition) is 0. The van der Waals surface area contributed by atoms with Gasteiger partial charge in [0.25, 0.3) is 5.91 Å². The molecule has 0 atom stereocenters. The predicted octanol–water partition coefficient (Wildman–Crippen LogP) is 4.11. The van der Waals surface area contributed by atoms with Gasteiger partial charge in [0.15, 0.2) is 16.7 Å². The molecule has 0 radical (unpaired) electrons. The Morgan fingerprint density at radius 1 is 1.13 bits per heavy atom. The molecule has 0 N–H and O–H groups in total. The van der Waals surface area contributed by atoms with Gasteiger partial charge < -0.3 is 14.2 Å². The SMILES string of the molecule is CCOc1ccc(/C=C2\SC(=Nc3ccc(C(=O)OC)cc3)N(C)C2=O)cc1OC. The third kappa shape index (κ3) is 4.65. The van der Waals surface area contributed by atoms with E-state index in [4.69, 9.17) is 14.2 Å². The lowest BCUT2D eigenvalue weighted by Gasteiger charge is -2.09. The summed E-state index contributed by atoms with van der Waals surface area (Å²) in [6, 6.07) is 12.2. The summed E-state index contributed by atoms with van der Waals surface area (Å²) < 4.78 is 15.6. The third-order valence-corrected chi connectivity index (χ3v) is 5.36. The second-order valence-corrected chi connectivity index (χ2v) is 7.26. The van der Waals surface area contributed by atoms with Crippen LogP contribution in [0.2, 0.25) is 0 Å². The van der Waals surface area contributed by atoms with Crippen molar-refractivity contribution in [3.8, 4) is 11.5 Å². The van der Waals surface area contributed by atoms with Crippen molar-refractivity contribution in [3.63, 3.8) is 0 Å². The molecule has 3 rings (SSSR count). The topological polar surface area (TPSA) is 77.4 Å². The maximum absolute atomic E-state index is 12.7. The van der Waals surface area contributed by atoms with Crippen LogP contribution in [-0.4, -0.2) is 49.8 Å². The first kappa shape index (κ1) is 21.4. The monoisotopic (exact) mass is 426 g/mol. The Hall–Kier alpha value is -3.26. The molecule has 8 heteroatoms. The number of methoxy groups -OCH3 is 2. The number of thioether (sulfide) groups is 1. The summed E-state index contributed by atoms with van der Waals surface area (Å²) in [5.74, 6) is 0.711. The minimum Gasteiger partial charge on any atom is -0.493 e. The lowest BCUT2D eigenvalue weighted by molar-refractivity contribution is -0.121. The molecule has 0 spiro atoms. The molecule has 0 saturated carbocycles. The van der Waals surface area contributed by atoms with Gasteiger partial charge in [0.2, 0.25) is 0 Å². The normalized spacial score (nSPS) is 16.3. The van der Waals surface area contributed by atoms with Gasteiger partial charge >= 0.3 is 5.97 Å². The highest BCUT2D eigenvalue weighted by Gasteiger charge is 2.30. The number of aliphatic imine (C=N–C) groups is 1. The van der Waals surface area contributed by atoms with Gasteiger partial charge in [0.05, 0.1) is 37.0 Å². The average Bonchev–Trinajstić information content (AvgIpc) is 3.02. The molecule has 2 aromatic rings. The van der Waals surface area contributed by atoms with E-state index in [1.165, 1.54) is 23.8 Å². The number of benzene rings is 2. The second-order valence-electron chi connectivity index (χ2n) is 6.25. The molecule has 1 aliphatic rings. The fourth-order valence-corrected chi connectivity index (χ4v) is 3.74. The highest BCUT2D eigenvalue weighted by molar-refractivity contribution is 8.18. The van der Waals surface area contributed by atoms with E-state index in [0.717, 1.165) is 5.56 Å². The Morgan fingerprint density at radius 3 is 2.50 bits per heavy atom. The molecule has 1 saturated heterocycles. The lowest BCUT2D eigenvalue weighted by atomic mass is 10.2. The fraction of sp³-hybridized carbons (Fsp3) is 0.227. The number of amidine groups is 1. The zero-order valence-electron chi connectivity index (χ0n) is 17.2. The number of amides is 1. The van der Waals surface area contributed by atoms with Crippen LogP contribution in [0.25, 0.3) is 6.08 Å². The Bertz CT molecular complexity index is 1010. The predicted molar refractivity (Wildman–Crippen MR) is 117 cm³/mol. The number of rotatable bonds is 6. The molecule has 0 bridgehead atoms. The van der Waals surface area contributed by atoms with Crippen molar-refractivity contribution < 1.29 is 23.8 Å². The van der Waals surface area contributed by atoms with Crippen LogP contribution in [0.4, 0.5) is 5.69 Å². The fourth-order valence-electron chi connectivity index (χ4n) is 2.75. The highest BCUT2D eigenvalue weighted by atomic mass is 32.2. The minimum absolute atomic E-state index is 0.141. The van der Waals surface area contributed by atoms with Crippen molar-refractivity contribution in [3.05, 3.63) is 58.5 Å². The maximum atomic E-state index is 12.7. The van der Waals surface area contributed by atoms with Crippen LogP contribution in [0.1, 0.15) is 22.8 Å². The summed E-state index contributed by atoms with van der Waals surface area (Å²) in [7, 11) is 4.59. The summed E-state index contributed by atoms with van der Waals surface area (Å²) in [5, 5.41) is 0.551. The van der Waals surface area contributed by atoms with Crippen LogP contribution in [0.15, 0.2) is 52.4 Å². The third-order valence-electron chi connectivity index (χ3n) is 4.30. The molecule has 1 aliphatic heterocycles. The summed E-state index contributed by atoms with van der Waals surface area (Å²) in [6.45, 7) is 2.44. The summed E-state index contributed by atoms with van der Waals surface area (Å²) in [6.07, 6.45) is 1.80. The van der Waals surface area contributed by atoms with Crippen molar-refractivity contribution in [2.45, 2.75) is 6.92 Å². The van der Waals surface area contributed by atoms with Crippen molar-refractivity contribution >= 4 is 40.6 Å². The Balaban J connectivity index is 1.83. The molecule has 0 unspecified atom stereocenters. The van der Waals surface area contributed by atoms with Gasteiger partial charge in [-0.15, -0.1) is 0 Å². The van der Waals surface area contributed by atoms with Crippen LogP contribution in [0.3, 0.4) is 0 Å². The van der Waals surface area contributed by atoms with Crippen molar-refractivity contribution in [2.75, 3.05) is 27.9 Å². The summed E-state index contributed by atoms with van der Waals surface area (Å²) in [4.78, 5) is 30.8. The zero-order chi connectivity index (χ0) is 21.7. The maximum Gasteiger partial charge on any atom is 0.337 e. The van der Waals surface area contributed by atoms with E-state index in [1.807, 2.05) is 25.1 Å². The van der Waals surface area contributed by atoms with Crippen LogP contribution < -0.4 is 9.47 Å². The van der Waals surface area contributed by atoms with E-state index < -0.39 is 5.97 Å². The first-order valence-electron chi connectivity index (χ1n) is 9.22. The van der Waals surface area contributed by atoms with E-state index in [0.29, 0.717) is 39.4 Å². The minimum atomic E-state index is -0.409. The van der Waals surface area contributed by atoms with E-state index >= 15 is 0 Å². The second kappa shape index (κ2) is 9.49. The quantitative estimate of drug-likeness (QED) is 0.511. The lowest BCUT2D eigenvalue weighted by Crippen LogP contribution is -2.23. The van der Waals surface area contributed by atoms with Gasteiger partial charge in [0.1, 0.15) is 0 Å². The molecular formula is C22H22N2O5S. The van der Waals surface area contributed by atoms with Gasteiger partial charge in [0, 0.05) is 7.05 Å². The molecule has 2 aromatic carbocycles. The summed E-state index contributed by atoms with van der Waals surface area (Å²) >= 11 is 1.28. The molecule has 156 valence electrons. The molecule has 1 amide bonds. The standard InChI is InChI=1S/C22H22N2O5S/c1-5-29-17-11-6-14(12-18(17)27-3)13-19-20(25)24(2)22(30-19)23-16-9-7-15(8-10-16)21(26)28-4/h6-13H,5H2,1-4H3/b19-13-,23-22?. The summed E-state index contributed by atoms with van der Waals surface area (Å²) in [5.41, 5.74) is 1.90. The van der Waals surface area contributed by atoms with Crippen LogP contribution >= 0.6 is 11.8 Å². The molecule has 1 fully saturated rings. The van der Waals surface area contributed by atoms with E-state index in [2.05, 4.69) is 4.99 Å². The number of likely N-dealkylation sites (N-methyl/N-ethyl adjacent to an activating group) is 1. The van der Waals surface area contributed by atoms with Crippen LogP contribution in [-0.2, 0) is 9.53 Å². The molecule has 7 nitrogen and oxygen atoms in total. The van der Waals surface area contributed by atoms with Crippen LogP contribution in [0, 0.1) is 0 Å². The number of carbonyl (C=O) groups excluding carboxylic acids is 2. The zero-order valence-corrected chi connectivity index (χ0v) is 18.0. The van der Waals surface area contributed by atoms with Gasteiger partial charge in [-0.1, -0.05) is 6.07 Å². The molecule has 1 heterocycles. The number of carbonyl (C=O) groups is 2. The van der Waals surface area contributed by atoms with E-state index in [9.17, 15) is 9.59 Å². The van der Waals surface area contributed by atoms with Gasteiger partial charge in [-0.25, -0.2) is 9.79 Å². The average molecular weight is 426 g/mol. The molecule has 0 aromatic heterocycles. The number of nitrogens with zero attached hydrogens (tertiary/aromatic N) is 2. The van der Waals surface area contributed by atoms with E-state index in [-0.39, 0.29) is 5.91 Å². The first-order chi connectivity index (χ1) is 14.5. The largest absolute Gasteiger partial charge is 0.493 e.